The van der Waals surface area contributed by atoms with Gasteiger partial charge in [-0.2, -0.15) is 5.10 Å². The van der Waals surface area contributed by atoms with Crippen molar-refractivity contribution in [2.45, 2.75) is 58.5 Å². The molecule has 0 aliphatic carbocycles. The van der Waals surface area contributed by atoms with Gasteiger partial charge >= 0.3 is 0 Å². The van der Waals surface area contributed by atoms with Crippen LogP contribution in [0.2, 0.25) is 0 Å². The first-order valence-corrected chi connectivity index (χ1v) is 5.99. The molecule has 3 heteroatoms. The molecule has 2 unspecified atom stereocenters. The summed E-state index contributed by atoms with van der Waals surface area (Å²) in [5.74, 6) is 0. The second-order valence-electron chi connectivity index (χ2n) is 4.30. The van der Waals surface area contributed by atoms with Gasteiger partial charge in [0.15, 0.2) is 0 Å². The molecule has 86 valence electrons. The van der Waals surface area contributed by atoms with Gasteiger partial charge in [-0.25, -0.2) is 0 Å². The molecule has 0 aromatic carbocycles. The van der Waals surface area contributed by atoms with Gasteiger partial charge in [0.2, 0.25) is 0 Å². The Morgan fingerprint density at radius 2 is 2.20 bits per heavy atom. The van der Waals surface area contributed by atoms with E-state index in [2.05, 4.69) is 36.3 Å². The van der Waals surface area contributed by atoms with Gasteiger partial charge in [0.25, 0.3) is 0 Å². The van der Waals surface area contributed by atoms with Gasteiger partial charge < -0.3 is 5.32 Å². The van der Waals surface area contributed by atoms with E-state index in [0.717, 1.165) is 5.69 Å². The molecule has 0 aliphatic rings. The number of hydrogen-bond donors (Lipinski definition) is 2. The van der Waals surface area contributed by atoms with Crippen LogP contribution in [-0.2, 0) is 0 Å². The third kappa shape index (κ3) is 4.47. The average molecular weight is 209 g/mol. The lowest BCUT2D eigenvalue weighted by atomic mass is 10.1. The monoisotopic (exact) mass is 209 g/mol. The SMILES string of the molecule is CCCCCC(C)NC(C)c1ccn[nH]1. The van der Waals surface area contributed by atoms with Gasteiger partial charge in [0, 0.05) is 18.3 Å². The van der Waals surface area contributed by atoms with Crippen molar-refractivity contribution in [3.63, 3.8) is 0 Å². The van der Waals surface area contributed by atoms with Crippen molar-refractivity contribution in [1.82, 2.24) is 15.5 Å². The summed E-state index contributed by atoms with van der Waals surface area (Å²) in [6.45, 7) is 6.66. The van der Waals surface area contributed by atoms with Crippen molar-refractivity contribution in [2.75, 3.05) is 0 Å². The summed E-state index contributed by atoms with van der Waals surface area (Å²) in [5, 5.41) is 10.5. The highest BCUT2D eigenvalue weighted by atomic mass is 15.1. The third-order valence-electron chi connectivity index (χ3n) is 2.76. The van der Waals surface area contributed by atoms with Gasteiger partial charge in [-0.1, -0.05) is 26.2 Å². The fourth-order valence-electron chi connectivity index (χ4n) is 1.81. The second-order valence-corrected chi connectivity index (χ2v) is 4.30. The molecular formula is C12H23N3. The maximum Gasteiger partial charge on any atom is 0.0518 e. The Kier molecular flexibility index (Phi) is 5.40. The second kappa shape index (κ2) is 6.62. The molecule has 1 rings (SSSR count). The number of rotatable bonds is 7. The zero-order valence-corrected chi connectivity index (χ0v) is 10.1. The van der Waals surface area contributed by atoms with Crippen molar-refractivity contribution in [1.29, 1.82) is 0 Å². The molecule has 1 aromatic heterocycles. The molecule has 2 N–H and O–H groups in total. The topological polar surface area (TPSA) is 40.7 Å². The molecule has 0 saturated heterocycles. The number of hydrogen-bond acceptors (Lipinski definition) is 2. The number of aromatic nitrogens is 2. The molecule has 2 atom stereocenters. The highest BCUT2D eigenvalue weighted by Crippen LogP contribution is 2.11. The van der Waals surface area contributed by atoms with Crippen LogP contribution in [0, 0.1) is 0 Å². The minimum Gasteiger partial charge on any atom is -0.306 e. The quantitative estimate of drug-likeness (QED) is 0.678. The predicted octanol–water partition coefficient (Wildman–Crippen LogP) is 3.03. The van der Waals surface area contributed by atoms with Gasteiger partial charge in [0.05, 0.1) is 5.69 Å². The van der Waals surface area contributed by atoms with Crippen LogP contribution < -0.4 is 5.32 Å². The highest BCUT2D eigenvalue weighted by Gasteiger charge is 2.09. The first-order valence-electron chi connectivity index (χ1n) is 5.99. The van der Waals surface area contributed by atoms with Gasteiger partial charge in [-0.15, -0.1) is 0 Å². The maximum absolute atomic E-state index is 3.96. The van der Waals surface area contributed by atoms with Crippen LogP contribution in [0.15, 0.2) is 12.3 Å². The average Bonchev–Trinajstić information content (AvgIpc) is 2.70. The van der Waals surface area contributed by atoms with E-state index in [9.17, 15) is 0 Å². The van der Waals surface area contributed by atoms with E-state index >= 15 is 0 Å². The Bertz CT molecular complexity index is 243. The standard InChI is InChI=1S/C12H23N3/c1-4-5-6-7-10(2)14-11(3)12-8-9-13-15-12/h8-11,14H,4-7H2,1-3H3,(H,13,15). The van der Waals surface area contributed by atoms with E-state index in [0.29, 0.717) is 12.1 Å². The number of nitrogens with zero attached hydrogens (tertiary/aromatic N) is 1. The molecule has 0 fully saturated rings. The van der Waals surface area contributed by atoms with Crippen LogP contribution in [-0.4, -0.2) is 16.2 Å². The van der Waals surface area contributed by atoms with Gasteiger partial charge in [-0.05, 0) is 26.3 Å². The number of aromatic amines is 1. The van der Waals surface area contributed by atoms with Crippen LogP contribution in [0.5, 0.6) is 0 Å². The molecule has 0 amide bonds. The molecule has 0 radical (unpaired) electrons. The molecule has 0 saturated carbocycles. The van der Waals surface area contributed by atoms with Crippen LogP contribution >= 0.6 is 0 Å². The fourth-order valence-corrected chi connectivity index (χ4v) is 1.81. The summed E-state index contributed by atoms with van der Waals surface area (Å²) < 4.78 is 0. The van der Waals surface area contributed by atoms with Crippen LogP contribution in [0.3, 0.4) is 0 Å². The third-order valence-corrected chi connectivity index (χ3v) is 2.76. The first-order chi connectivity index (χ1) is 7.24. The largest absolute Gasteiger partial charge is 0.306 e. The van der Waals surface area contributed by atoms with Crippen molar-refractivity contribution in [3.8, 4) is 0 Å². The Labute approximate surface area is 92.7 Å². The van der Waals surface area contributed by atoms with Crippen LogP contribution in [0.1, 0.15) is 58.2 Å². The normalized spacial score (nSPS) is 15.1. The number of unbranched alkanes of at least 4 members (excludes halogenated alkanes) is 2. The maximum atomic E-state index is 3.96. The van der Waals surface area contributed by atoms with Gasteiger partial charge in [0.1, 0.15) is 0 Å². The lowest BCUT2D eigenvalue weighted by molar-refractivity contribution is 0.435. The summed E-state index contributed by atoms with van der Waals surface area (Å²) in [4.78, 5) is 0. The van der Waals surface area contributed by atoms with Crippen molar-refractivity contribution < 1.29 is 0 Å². The molecule has 0 aliphatic heterocycles. The van der Waals surface area contributed by atoms with E-state index in [1.54, 1.807) is 6.20 Å². The summed E-state index contributed by atoms with van der Waals surface area (Å²) in [6.07, 6.45) is 7.01. The molecule has 3 nitrogen and oxygen atoms in total. The van der Waals surface area contributed by atoms with E-state index in [1.165, 1.54) is 25.7 Å². The minimum absolute atomic E-state index is 0.365. The summed E-state index contributed by atoms with van der Waals surface area (Å²) in [7, 11) is 0. The fraction of sp³-hybridized carbons (Fsp3) is 0.750. The van der Waals surface area contributed by atoms with E-state index in [4.69, 9.17) is 0 Å². The Hall–Kier alpha value is -0.830. The van der Waals surface area contributed by atoms with E-state index in [1.807, 2.05) is 6.07 Å². The Morgan fingerprint density at radius 1 is 1.40 bits per heavy atom. The number of nitrogens with one attached hydrogen (secondary N) is 2. The lowest BCUT2D eigenvalue weighted by Gasteiger charge is -2.18. The van der Waals surface area contributed by atoms with Crippen molar-refractivity contribution in [2.24, 2.45) is 0 Å². The minimum atomic E-state index is 0.365. The summed E-state index contributed by atoms with van der Waals surface area (Å²) in [6, 6.07) is 2.97. The molecule has 1 heterocycles. The summed E-state index contributed by atoms with van der Waals surface area (Å²) in [5.41, 5.74) is 1.16. The molecule has 1 aromatic rings. The van der Waals surface area contributed by atoms with E-state index < -0.39 is 0 Å². The van der Waals surface area contributed by atoms with Crippen molar-refractivity contribution >= 4 is 0 Å². The molecular weight excluding hydrogens is 186 g/mol. The Morgan fingerprint density at radius 3 is 2.80 bits per heavy atom. The first kappa shape index (κ1) is 12.2. The molecule has 15 heavy (non-hydrogen) atoms. The van der Waals surface area contributed by atoms with E-state index in [-0.39, 0.29) is 0 Å². The highest BCUT2D eigenvalue weighted by molar-refractivity contribution is 5.03. The number of H-pyrrole nitrogens is 1. The molecule has 0 bridgehead atoms. The van der Waals surface area contributed by atoms with Gasteiger partial charge in [-0.3, -0.25) is 5.10 Å². The summed E-state index contributed by atoms with van der Waals surface area (Å²) >= 11 is 0. The smallest absolute Gasteiger partial charge is 0.0518 e. The Balaban J connectivity index is 2.22. The molecule has 0 spiro atoms. The zero-order valence-electron chi connectivity index (χ0n) is 10.1. The van der Waals surface area contributed by atoms with Crippen molar-refractivity contribution in [3.05, 3.63) is 18.0 Å². The van der Waals surface area contributed by atoms with Crippen LogP contribution in [0.4, 0.5) is 0 Å². The lowest BCUT2D eigenvalue weighted by Crippen LogP contribution is -2.29. The van der Waals surface area contributed by atoms with Crippen LogP contribution in [0.25, 0.3) is 0 Å². The zero-order chi connectivity index (χ0) is 11.1. The predicted molar refractivity (Wildman–Crippen MR) is 63.7 cm³/mol.